The van der Waals surface area contributed by atoms with Crippen LogP contribution in [0, 0.1) is 5.92 Å². The van der Waals surface area contributed by atoms with Crippen molar-refractivity contribution in [2.24, 2.45) is 5.92 Å². The lowest BCUT2D eigenvalue weighted by Crippen LogP contribution is -2.41. The summed E-state index contributed by atoms with van der Waals surface area (Å²) in [6.45, 7) is 1.30. The third kappa shape index (κ3) is 3.46. The lowest BCUT2D eigenvalue weighted by atomic mass is 9.88. The summed E-state index contributed by atoms with van der Waals surface area (Å²) in [5.74, 6) is 0.692. The van der Waals surface area contributed by atoms with Crippen LogP contribution in [0.2, 0.25) is 0 Å². The molecule has 6 heteroatoms. The molecule has 0 bridgehead atoms. The number of piperidine rings is 1. The van der Waals surface area contributed by atoms with E-state index in [1.807, 2.05) is 47.5 Å². The fourth-order valence-corrected chi connectivity index (χ4v) is 3.60. The molecule has 1 saturated heterocycles. The van der Waals surface area contributed by atoms with Crippen LogP contribution >= 0.6 is 0 Å². The summed E-state index contributed by atoms with van der Waals surface area (Å²) < 4.78 is 1.75. The summed E-state index contributed by atoms with van der Waals surface area (Å²) in [6, 6.07) is 11.9. The number of carbonyl (C=O) groups is 1. The van der Waals surface area contributed by atoms with Gasteiger partial charge in [0.2, 0.25) is 5.78 Å². The maximum atomic E-state index is 12.7. The number of aliphatic hydroxyl groups is 1. The number of nitrogens with zero attached hydrogens (tertiary/aromatic N) is 4. The first kappa shape index (κ1) is 16.7. The van der Waals surface area contributed by atoms with Crippen LogP contribution in [0.15, 0.2) is 55.0 Å². The smallest absolute Gasteiger partial charge is 0.274 e. The summed E-state index contributed by atoms with van der Waals surface area (Å²) in [5.41, 5.74) is 1.57. The van der Waals surface area contributed by atoms with Crippen molar-refractivity contribution in [3.05, 3.63) is 66.2 Å². The van der Waals surface area contributed by atoms with Gasteiger partial charge in [-0.15, -0.1) is 0 Å². The molecule has 0 radical (unpaired) electrons. The normalized spacial score (nSPS) is 16.7. The summed E-state index contributed by atoms with van der Waals surface area (Å²) in [5, 5.41) is 10.5. The second-order valence-electron chi connectivity index (χ2n) is 6.84. The summed E-state index contributed by atoms with van der Waals surface area (Å²) >= 11 is 0. The van der Waals surface area contributed by atoms with Crippen molar-refractivity contribution in [3.8, 4) is 0 Å². The molecular formula is C20H22N4O2. The number of aliphatic hydroxyl groups excluding tert-OH is 1. The SMILES string of the molecule is O=C(c1cn2cccnc2n1)N1CCC(C(O)Cc2ccccc2)CC1. The van der Waals surface area contributed by atoms with Crippen molar-refractivity contribution in [3.63, 3.8) is 0 Å². The second kappa shape index (κ2) is 7.25. The first-order valence-corrected chi connectivity index (χ1v) is 9.02. The standard InChI is InChI=1S/C20H22N4O2/c25-18(13-15-5-2-1-3-6-15)16-7-11-23(12-8-16)19(26)17-14-24-10-4-9-21-20(24)22-17/h1-6,9-10,14,16,18,25H,7-8,11-13H2. The monoisotopic (exact) mass is 350 g/mol. The molecule has 1 N–H and O–H groups in total. The van der Waals surface area contributed by atoms with Gasteiger partial charge in [-0.25, -0.2) is 9.97 Å². The van der Waals surface area contributed by atoms with Crippen LogP contribution in [0.4, 0.5) is 0 Å². The minimum Gasteiger partial charge on any atom is -0.392 e. The molecule has 0 saturated carbocycles. The molecule has 0 aliphatic carbocycles. The van der Waals surface area contributed by atoms with Gasteiger partial charge in [0.15, 0.2) is 0 Å². The van der Waals surface area contributed by atoms with E-state index in [0.717, 1.165) is 18.4 Å². The number of carbonyl (C=O) groups excluding carboxylic acids is 1. The lowest BCUT2D eigenvalue weighted by Gasteiger charge is -2.34. The minimum absolute atomic E-state index is 0.0634. The van der Waals surface area contributed by atoms with Gasteiger partial charge in [-0.2, -0.15) is 0 Å². The molecule has 4 rings (SSSR count). The summed E-state index contributed by atoms with van der Waals surface area (Å²) in [6.07, 6.45) is 7.14. The zero-order chi connectivity index (χ0) is 17.9. The molecule has 3 heterocycles. The van der Waals surface area contributed by atoms with E-state index in [1.54, 1.807) is 16.8 Å². The van der Waals surface area contributed by atoms with Gasteiger partial charge >= 0.3 is 0 Å². The van der Waals surface area contributed by atoms with Crippen molar-refractivity contribution >= 4 is 11.7 Å². The van der Waals surface area contributed by atoms with E-state index in [-0.39, 0.29) is 17.9 Å². The summed E-state index contributed by atoms with van der Waals surface area (Å²) in [7, 11) is 0. The van der Waals surface area contributed by atoms with Crippen molar-refractivity contribution in [1.29, 1.82) is 0 Å². The van der Waals surface area contributed by atoms with E-state index < -0.39 is 0 Å². The Morgan fingerprint density at radius 1 is 1.19 bits per heavy atom. The highest BCUT2D eigenvalue weighted by molar-refractivity contribution is 5.92. The Morgan fingerprint density at radius 3 is 2.69 bits per heavy atom. The number of aromatic nitrogens is 3. The first-order chi connectivity index (χ1) is 12.7. The van der Waals surface area contributed by atoms with Crippen LogP contribution in [0.1, 0.15) is 28.9 Å². The van der Waals surface area contributed by atoms with Gasteiger partial charge in [0, 0.05) is 31.7 Å². The highest BCUT2D eigenvalue weighted by atomic mass is 16.3. The fraction of sp³-hybridized carbons (Fsp3) is 0.350. The number of hydrogen-bond donors (Lipinski definition) is 1. The van der Waals surface area contributed by atoms with E-state index >= 15 is 0 Å². The van der Waals surface area contributed by atoms with E-state index in [4.69, 9.17) is 0 Å². The quantitative estimate of drug-likeness (QED) is 0.783. The Morgan fingerprint density at radius 2 is 1.96 bits per heavy atom. The number of fused-ring (bicyclic) bond motifs is 1. The molecular weight excluding hydrogens is 328 g/mol. The van der Waals surface area contributed by atoms with Gasteiger partial charge < -0.3 is 10.0 Å². The highest BCUT2D eigenvalue weighted by Crippen LogP contribution is 2.24. The molecule has 1 aliphatic heterocycles. The Hall–Kier alpha value is -2.73. The van der Waals surface area contributed by atoms with E-state index in [1.165, 1.54) is 0 Å². The Bertz CT molecular complexity index is 852. The van der Waals surface area contributed by atoms with Crippen LogP contribution in [-0.2, 0) is 6.42 Å². The van der Waals surface area contributed by atoms with Crippen LogP contribution < -0.4 is 0 Å². The van der Waals surface area contributed by atoms with E-state index in [0.29, 0.717) is 31.0 Å². The van der Waals surface area contributed by atoms with Crippen LogP contribution in [0.5, 0.6) is 0 Å². The molecule has 134 valence electrons. The van der Waals surface area contributed by atoms with Gasteiger partial charge in [0.05, 0.1) is 6.10 Å². The zero-order valence-electron chi connectivity index (χ0n) is 14.5. The molecule has 1 fully saturated rings. The van der Waals surface area contributed by atoms with Gasteiger partial charge in [0.1, 0.15) is 5.69 Å². The van der Waals surface area contributed by atoms with Crippen molar-refractivity contribution in [2.75, 3.05) is 13.1 Å². The third-order valence-corrected chi connectivity index (χ3v) is 5.11. The number of imidazole rings is 1. The molecule has 2 aromatic heterocycles. The van der Waals surface area contributed by atoms with Gasteiger partial charge in [-0.3, -0.25) is 9.20 Å². The minimum atomic E-state index is -0.367. The molecule has 1 atom stereocenters. The molecule has 26 heavy (non-hydrogen) atoms. The second-order valence-corrected chi connectivity index (χ2v) is 6.84. The number of amides is 1. The van der Waals surface area contributed by atoms with E-state index in [9.17, 15) is 9.90 Å². The van der Waals surface area contributed by atoms with Gasteiger partial charge in [-0.1, -0.05) is 30.3 Å². The van der Waals surface area contributed by atoms with Gasteiger partial charge in [0.25, 0.3) is 5.91 Å². The molecule has 1 amide bonds. The number of hydrogen-bond acceptors (Lipinski definition) is 4. The lowest BCUT2D eigenvalue weighted by molar-refractivity contribution is 0.0464. The molecule has 6 nitrogen and oxygen atoms in total. The average Bonchev–Trinajstić information content (AvgIpc) is 3.12. The van der Waals surface area contributed by atoms with Crippen molar-refractivity contribution in [1.82, 2.24) is 19.3 Å². The van der Waals surface area contributed by atoms with Crippen LogP contribution in [0.3, 0.4) is 0 Å². The average molecular weight is 350 g/mol. The number of benzene rings is 1. The van der Waals surface area contributed by atoms with Crippen LogP contribution in [0.25, 0.3) is 5.78 Å². The van der Waals surface area contributed by atoms with Crippen LogP contribution in [-0.4, -0.2) is 49.5 Å². The number of likely N-dealkylation sites (tertiary alicyclic amines) is 1. The predicted octanol–water partition coefficient (Wildman–Crippen LogP) is 2.19. The molecule has 3 aromatic rings. The maximum absolute atomic E-state index is 12.7. The Balaban J connectivity index is 1.36. The van der Waals surface area contributed by atoms with Crippen molar-refractivity contribution in [2.45, 2.75) is 25.4 Å². The fourth-order valence-electron chi connectivity index (χ4n) is 3.60. The third-order valence-electron chi connectivity index (χ3n) is 5.11. The van der Waals surface area contributed by atoms with Gasteiger partial charge in [-0.05, 0) is 36.8 Å². The van der Waals surface area contributed by atoms with E-state index in [2.05, 4.69) is 9.97 Å². The Kier molecular flexibility index (Phi) is 4.67. The Labute approximate surface area is 152 Å². The molecule has 1 unspecified atom stereocenters. The topological polar surface area (TPSA) is 70.7 Å². The maximum Gasteiger partial charge on any atom is 0.274 e. The molecule has 1 aliphatic rings. The predicted molar refractivity (Wildman–Crippen MR) is 97.8 cm³/mol. The molecule has 1 aromatic carbocycles. The highest BCUT2D eigenvalue weighted by Gasteiger charge is 2.29. The zero-order valence-corrected chi connectivity index (χ0v) is 14.5. The summed E-state index contributed by atoms with van der Waals surface area (Å²) in [4.78, 5) is 23.0. The first-order valence-electron chi connectivity index (χ1n) is 9.02. The largest absolute Gasteiger partial charge is 0.392 e. The molecule has 0 spiro atoms. The van der Waals surface area contributed by atoms with Crippen molar-refractivity contribution < 1.29 is 9.90 Å². The number of rotatable bonds is 4.